The van der Waals surface area contributed by atoms with Crippen LogP contribution < -0.4 is 14.8 Å². The van der Waals surface area contributed by atoms with Gasteiger partial charge in [-0.3, -0.25) is 0 Å². The van der Waals surface area contributed by atoms with Gasteiger partial charge in [-0.2, -0.15) is 0 Å². The number of thiazole rings is 1. The first-order chi connectivity index (χ1) is 14.0. The zero-order valence-corrected chi connectivity index (χ0v) is 18.1. The molecule has 3 aromatic rings. The third-order valence-corrected chi connectivity index (χ3v) is 5.87. The van der Waals surface area contributed by atoms with Gasteiger partial charge in [0.25, 0.3) is 0 Å². The number of para-hydroxylation sites is 2. The first kappa shape index (κ1) is 19.8. The zero-order chi connectivity index (χ0) is 20.4. The minimum absolute atomic E-state index is 0.0231. The van der Waals surface area contributed by atoms with Gasteiger partial charge < -0.3 is 24.1 Å². The molecule has 0 spiro atoms. The Kier molecular flexibility index (Phi) is 5.78. The summed E-state index contributed by atoms with van der Waals surface area (Å²) in [5.41, 5.74) is 4.53. The van der Waals surface area contributed by atoms with Gasteiger partial charge in [-0.1, -0.05) is 12.1 Å². The van der Waals surface area contributed by atoms with Crippen LogP contribution in [0.15, 0.2) is 35.7 Å². The van der Waals surface area contributed by atoms with Crippen LogP contribution in [0.2, 0.25) is 0 Å². The van der Waals surface area contributed by atoms with E-state index in [9.17, 15) is 0 Å². The van der Waals surface area contributed by atoms with Gasteiger partial charge in [0.1, 0.15) is 6.61 Å². The predicted octanol–water partition coefficient (Wildman–Crippen LogP) is 4.52. The van der Waals surface area contributed by atoms with Crippen molar-refractivity contribution in [3.8, 4) is 22.8 Å². The summed E-state index contributed by atoms with van der Waals surface area (Å²) in [7, 11) is 1.71. The topological polar surface area (TPSA) is 57.5 Å². The van der Waals surface area contributed by atoms with E-state index in [-0.39, 0.29) is 12.1 Å². The lowest BCUT2D eigenvalue weighted by Crippen LogP contribution is -2.33. The molecule has 0 aliphatic carbocycles. The van der Waals surface area contributed by atoms with Crippen LogP contribution >= 0.6 is 11.3 Å². The Morgan fingerprint density at radius 3 is 2.90 bits per heavy atom. The minimum Gasteiger partial charge on any atom is -0.486 e. The van der Waals surface area contributed by atoms with E-state index >= 15 is 0 Å². The van der Waals surface area contributed by atoms with Crippen molar-refractivity contribution in [2.24, 2.45) is 0 Å². The number of hydrogen-bond acceptors (Lipinski definition) is 6. The second kappa shape index (κ2) is 8.47. The van der Waals surface area contributed by atoms with Gasteiger partial charge in [0.15, 0.2) is 22.7 Å². The highest BCUT2D eigenvalue weighted by Crippen LogP contribution is 2.33. The molecule has 0 fully saturated rings. The van der Waals surface area contributed by atoms with Crippen molar-refractivity contribution < 1.29 is 14.2 Å². The lowest BCUT2D eigenvalue weighted by Gasteiger charge is -2.27. The summed E-state index contributed by atoms with van der Waals surface area (Å²) in [5, 5.41) is 6.40. The van der Waals surface area contributed by atoms with Crippen molar-refractivity contribution in [3.63, 3.8) is 0 Å². The molecular weight excluding hydrogens is 386 g/mol. The second-order valence-electron chi connectivity index (χ2n) is 7.43. The lowest BCUT2D eigenvalue weighted by molar-refractivity contribution is 0.0778. The number of hydrogen-bond donors (Lipinski definition) is 1. The number of methoxy groups -OCH3 is 1. The highest BCUT2D eigenvalue weighted by Gasteiger charge is 2.23. The van der Waals surface area contributed by atoms with Crippen LogP contribution in [0, 0.1) is 13.8 Å². The van der Waals surface area contributed by atoms with E-state index in [4.69, 9.17) is 19.2 Å². The smallest absolute Gasteiger partial charge is 0.183 e. The Hall–Kier alpha value is -2.51. The third-order valence-electron chi connectivity index (χ3n) is 5.09. The van der Waals surface area contributed by atoms with E-state index in [1.807, 2.05) is 24.3 Å². The normalized spacial score (nSPS) is 16.6. The summed E-state index contributed by atoms with van der Waals surface area (Å²) in [6, 6.07) is 10.2. The Labute approximate surface area is 175 Å². The maximum absolute atomic E-state index is 6.15. The molecule has 6 nitrogen and oxygen atoms in total. The number of nitrogens with zero attached hydrogens (tertiary/aromatic N) is 2. The molecule has 0 radical (unpaired) electrons. The summed E-state index contributed by atoms with van der Waals surface area (Å²) in [4.78, 5) is 4.78. The summed E-state index contributed by atoms with van der Waals surface area (Å²) >= 11 is 1.62. The Bertz CT molecular complexity index is 982. The van der Waals surface area contributed by atoms with Crippen molar-refractivity contribution >= 4 is 16.5 Å². The molecule has 1 aliphatic heterocycles. The molecular formula is C22H27N3O3S. The second-order valence-corrected chi connectivity index (χ2v) is 8.29. The quantitative estimate of drug-likeness (QED) is 0.617. The average molecular weight is 414 g/mol. The monoisotopic (exact) mass is 413 g/mol. The largest absolute Gasteiger partial charge is 0.486 e. The van der Waals surface area contributed by atoms with E-state index in [1.54, 1.807) is 18.4 Å². The zero-order valence-electron chi connectivity index (χ0n) is 17.3. The van der Waals surface area contributed by atoms with Crippen LogP contribution in [-0.2, 0) is 11.3 Å². The minimum atomic E-state index is -0.0231. The van der Waals surface area contributed by atoms with Gasteiger partial charge >= 0.3 is 0 Å². The SMILES string of the molecule is COC[C@@H](C)Nc1nc(-c2cc(C)n(C[C@H]3COc4ccccc4O3)c2C)cs1. The molecule has 2 aromatic heterocycles. The van der Waals surface area contributed by atoms with Crippen molar-refractivity contribution in [1.29, 1.82) is 0 Å². The molecule has 0 unspecified atom stereocenters. The van der Waals surface area contributed by atoms with Crippen molar-refractivity contribution in [2.75, 3.05) is 25.6 Å². The molecule has 1 N–H and O–H groups in total. The van der Waals surface area contributed by atoms with Gasteiger partial charge in [-0.05, 0) is 39.0 Å². The summed E-state index contributed by atoms with van der Waals surface area (Å²) in [5.74, 6) is 1.63. The fourth-order valence-corrected chi connectivity index (χ4v) is 4.49. The van der Waals surface area contributed by atoms with Gasteiger partial charge in [-0.15, -0.1) is 11.3 Å². The number of fused-ring (bicyclic) bond motifs is 1. The number of ether oxygens (including phenoxy) is 3. The molecule has 4 rings (SSSR count). The summed E-state index contributed by atoms with van der Waals surface area (Å²) in [6.45, 7) is 8.29. The molecule has 7 heteroatoms. The molecule has 0 saturated carbocycles. The van der Waals surface area contributed by atoms with Gasteiger partial charge in [0.2, 0.25) is 0 Å². The van der Waals surface area contributed by atoms with E-state index < -0.39 is 0 Å². The predicted molar refractivity (Wildman–Crippen MR) is 116 cm³/mol. The molecule has 0 bridgehead atoms. The van der Waals surface area contributed by atoms with Gasteiger partial charge in [0.05, 0.1) is 18.8 Å². The van der Waals surface area contributed by atoms with Crippen LogP contribution in [0.25, 0.3) is 11.3 Å². The van der Waals surface area contributed by atoms with Crippen LogP contribution in [-0.4, -0.2) is 42.0 Å². The van der Waals surface area contributed by atoms with E-state index in [2.05, 4.69) is 42.1 Å². The van der Waals surface area contributed by atoms with Crippen molar-refractivity contribution in [3.05, 3.63) is 47.1 Å². The lowest BCUT2D eigenvalue weighted by atomic mass is 10.2. The number of benzene rings is 1. The summed E-state index contributed by atoms with van der Waals surface area (Å²) < 4.78 is 19.5. The summed E-state index contributed by atoms with van der Waals surface area (Å²) in [6.07, 6.45) is -0.0231. The molecule has 3 heterocycles. The maximum Gasteiger partial charge on any atom is 0.183 e. The average Bonchev–Trinajstić information content (AvgIpc) is 3.27. The molecule has 2 atom stereocenters. The number of aromatic nitrogens is 2. The highest BCUT2D eigenvalue weighted by molar-refractivity contribution is 7.14. The first-order valence-electron chi connectivity index (χ1n) is 9.81. The number of aryl methyl sites for hydroxylation is 1. The maximum atomic E-state index is 6.15. The van der Waals surface area contributed by atoms with Crippen LogP contribution in [0.4, 0.5) is 5.13 Å². The van der Waals surface area contributed by atoms with E-state index in [0.29, 0.717) is 13.2 Å². The molecule has 1 aliphatic rings. The fraction of sp³-hybridized carbons (Fsp3) is 0.409. The van der Waals surface area contributed by atoms with Crippen LogP contribution in [0.1, 0.15) is 18.3 Å². The third kappa shape index (κ3) is 4.26. The molecule has 1 aromatic carbocycles. The Morgan fingerprint density at radius 1 is 1.31 bits per heavy atom. The first-order valence-corrected chi connectivity index (χ1v) is 10.7. The molecule has 154 valence electrons. The highest BCUT2D eigenvalue weighted by atomic mass is 32.1. The van der Waals surface area contributed by atoms with Crippen molar-refractivity contribution in [1.82, 2.24) is 9.55 Å². The fourth-order valence-electron chi connectivity index (χ4n) is 3.66. The number of nitrogens with one attached hydrogen (secondary N) is 1. The Balaban J connectivity index is 1.49. The van der Waals surface area contributed by atoms with Crippen molar-refractivity contribution in [2.45, 2.75) is 39.5 Å². The Morgan fingerprint density at radius 2 is 2.10 bits per heavy atom. The molecule has 0 saturated heterocycles. The van der Waals surface area contributed by atoms with E-state index in [0.717, 1.165) is 34.4 Å². The number of rotatable bonds is 7. The van der Waals surface area contributed by atoms with Gasteiger partial charge in [0, 0.05) is 35.5 Å². The molecule has 0 amide bonds. The van der Waals surface area contributed by atoms with Gasteiger partial charge in [-0.25, -0.2) is 4.98 Å². The number of anilines is 1. The standard InChI is InChI=1S/C22H27N3O3S/c1-14(11-26-4)23-22-24-19(13-29-22)18-9-15(2)25(16(18)3)10-17-12-27-20-7-5-6-8-21(20)28-17/h5-9,13-14,17H,10-12H2,1-4H3,(H,23,24)/t14-,17+/m1/s1. The molecule has 29 heavy (non-hydrogen) atoms. The van der Waals surface area contributed by atoms with E-state index in [1.165, 1.54) is 11.4 Å². The van der Waals surface area contributed by atoms with Crippen LogP contribution in [0.5, 0.6) is 11.5 Å². The van der Waals surface area contributed by atoms with Crippen LogP contribution in [0.3, 0.4) is 0 Å².